The second-order valence-corrected chi connectivity index (χ2v) is 4.68. The van der Waals surface area contributed by atoms with Gasteiger partial charge in [0.2, 0.25) is 0 Å². The van der Waals surface area contributed by atoms with Crippen molar-refractivity contribution in [2.45, 2.75) is 0 Å². The summed E-state index contributed by atoms with van der Waals surface area (Å²) in [6.45, 7) is 0. The minimum atomic E-state index is -0.450. The maximum Gasteiger partial charge on any atom is 0.359 e. The lowest BCUT2D eigenvalue weighted by atomic mass is 10.2. The second-order valence-electron chi connectivity index (χ2n) is 4.25. The normalized spacial score (nSPS) is 10.7. The summed E-state index contributed by atoms with van der Waals surface area (Å²) in [5.41, 5.74) is 1.98. The highest BCUT2D eigenvalue weighted by molar-refractivity contribution is 6.30. The lowest BCUT2D eigenvalue weighted by Crippen LogP contribution is -2.04. The largest absolute Gasteiger partial charge is 0.464 e. The third-order valence-electron chi connectivity index (χ3n) is 3.04. The van der Waals surface area contributed by atoms with E-state index in [9.17, 15) is 4.79 Å². The zero-order valence-electron chi connectivity index (χ0n) is 10.7. The fourth-order valence-electron chi connectivity index (χ4n) is 2.09. The molecular weight excluding hydrogens is 276 g/mol. The molecule has 0 radical (unpaired) electrons. The van der Waals surface area contributed by atoms with Crippen LogP contribution in [0.25, 0.3) is 16.6 Å². The van der Waals surface area contributed by atoms with Crippen molar-refractivity contribution in [2.75, 3.05) is 7.11 Å². The van der Waals surface area contributed by atoms with Crippen LogP contribution in [0.5, 0.6) is 0 Å². The maximum atomic E-state index is 11.8. The van der Waals surface area contributed by atoms with Gasteiger partial charge in [-0.3, -0.25) is 0 Å². The Morgan fingerprint density at radius 1 is 1.15 bits per heavy atom. The molecule has 1 heterocycles. The van der Waals surface area contributed by atoms with E-state index in [0.29, 0.717) is 10.7 Å². The van der Waals surface area contributed by atoms with E-state index in [-0.39, 0.29) is 0 Å². The van der Waals surface area contributed by atoms with Gasteiger partial charge in [-0.2, -0.15) is 5.10 Å². The summed E-state index contributed by atoms with van der Waals surface area (Å²) in [7, 11) is 1.35. The summed E-state index contributed by atoms with van der Waals surface area (Å²) in [5, 5.41) is 5.77. The van der Waals surface area contributed by atoms with Crippen LogP contribution in [-0.2, 0) is 4.74 Å². The number of halogens is 1. The molecule has 4 nitrogen and oxygen atoms in total. The number of nitrogens with zero attached hydrogens (tertiary/aromatic N) is 2. The molecule has 0 saturated carbocycles. The molecule has 0 N–H and O–H groups in total. The third kappa shape index (κ3) is 2.04. The van der Waals surface area contributed by atoms with Gasteiger partial charge >= 0.3 is 5.97 Å². The molecule has 0 aliphatic rings. The minimum Gasteiger partial charge on any atom is -0.464 e. The molecule has 100 valence electrons. The van der Waals surface area contributed by atoms with E-state index in [1.165, 1.54) is 7.11 Å². The van der Waals surface area contributed by atoms with Crippen LogP contribution in [0.3, 0.4) is 0 Å². The molecule has 1 aromatic heterocycles. The predicted molar refractivity (Wildman–Crippen MR) is 77.4 cm³/mol. The first-order chi connectivity index (χ1) is 9.70. The number of methoxy groups -OCH3 is 1. The molecule has 3 aromatic rings. The van der Waals surface area contributed by atoms with Crippen molar-refractivity contribution in [2.24, 2.45) is 0 Å². The zero-order valence-corrected chi connectivity index (χ0v) is 11.5. The lowest BCUT2D eigenvalue weighted by molar-refractivity contribution is 0.0595. The zero-order chi connectivity index (χ0) is 14.1. The Hall–Kier alpha value is -2.33. The van der Waals surface area contributed by atoms with Gasteiger partial charge in [0.05, 0.1) is 18.3 Å². The fraction of sp³-hybridized carbons (Fsp3) is 0.0667. The Kier molecular flexibility index (Phi) is 3.16. The summed E-state index contributed by atoms with van der Waals surface area (Å²) < 4.78 is 6.48. The first-order valence-electron chi connectivity index (χ1n) is 6.03. The van der Waals surface area contributed by atoms with Crippen molar-refractivity contribution in [1.29, 1.82) is 0 Å². The van der Waals surface area contributed by atoms with Crippen molar-refractivity contribution >= 4 is 28.5 Å². The van der Waals surface area contributed by atoms with Gasteiger partial charge in [-0.15, -0.1) is 0 Å². The molecule has 0 atom stereocenters. The molecule has 0 aliphatic heterocycles. The number of benzene rings is 2. The van der Waals surface area contributed by atoms with Crippen LogP contribution in [0.15, 0.2) is 48.5 Å². The molecule has 5 heteroatoms. The van der Waals surface area contributed by atoms with Gasteiger partial charge in [-0.25, -0.2) is 9.48 Å². The lowest BCUT2D eigenvalue weighted by Gasteiger charge is -2.02. The summed E-state index contributed by atoms with van der Waals surface area (Å²) in [6.07, 6.45) is 0. The van der Waals surface area contributed by atoms with Gasteiger partial charge in [-0.05, 0) is 30.3 Å². The van der Waals surface area contributed by atoms with E-state index in [1.807, 2.05) is 36.4 Å². The molecular formula is C15H11ClN2O2. The quantitative estimate of drug-likeness (QED) is 0.678. The summed E-state index contributed by atoms with van der Waals surface area (Å²) >= 11 is 5.89. The van der Waals surface area contributed by atoms with E-state index in [4.69, 9.17) is 16.3 Å². The molecule has 0 fully saturated rings. The van der Waals surface area contributed by atoms with Gasteiger partial charge < -0.3 is 4.74 Å². The number of esters is 1. The van der Waals surface area contributed by atoms with Crippen LogP contribution < -0.4 is 0 Å². The second kappa shape index (κ2) is 4.98. The molecule has 0 spiro atoms. The number of carbonyl (C=O) groups is 1. The van der Waals surface area contributed by atoms with Crippen LogP contribution in [0.1, 0.15) is 10.5 Å². The topological polar surface area (TPSA) is 44.1 Å². The highest BCUT2D eigenvalue weighted by atomic mass is 35.5. The standard InChI is InChI=1S/C15H11ClN2O2/c1-20-15(19)14-12-4-2-3-5-13(12)18(17-14)11-8-6-10(16)7-9-11/h2-9H,1H3. The van der Waals surface area contributed by atoms with Crippen molar-refractivity contribution in [1.82, 2.24) is 9.78 Å². The molecule has 20 heavy (non-hydrogen) atoms. The number of aromatic nitrogens is 2. The van der Waals surface area contributed by atoms with Crippen molar-refractivity contribution < 1.29 is 9.53 Å². The van der Waals surface area contributed by atoms with Gasteiger partial charge in [0.15, 0.2) is 5.69 Å². The highest BCUT2D eigenvalue weighted by Gasteiger charge is 2.17. The average Bonchev–Trinajstić information content (AvgIpc) is 2.87. The molecule has 3 rings (SSSR count). The molecule has 0 amide bonds. The Bertz CT molecular complexity index is 778. The fourth-order valence-corrected chi connectivity index (χ4v) is 2.22. The monoisotopic (exact) mass is 286 g/mol. The SMILES string of the molecule is COC(=O)c1nn(-c2ccc(Cl)cc2)c2ccccc12. The van der Waals surface area contributed by atoms with E-state index >= 15 is 0 Å². The Morgan fingerprint density at radius 2 is 1.85 bits per heavy atom. The molecule has 0 aliphatic carbocycles. The molecule has 0 saturated heterocycles. The van der Waals surface area contributed by atoms with E-state index in [1.54, 1.807) is 16.8 Å². The average molecular weight is 287 g/mol. The number of hydrogen-bond acceptors (Lipinski definition) is 3. The molecule has 2 aromatic carbocycles. The Balaban J connectivity index is 2.26. The maximum absolute atomic E-state index is 11.8. The highest BCUT2D eigenvalue weighted by Crippen LogP contribution is 2.23. The van der Waals surface area contributed by atoms with Gasteiger partial charge in [0.1, 0.15) is 0 Å². The summed E-state index contributed by atoms with van der Waals surface area (Å²) in [5.74, 6) is -0.450. The van der Waals surface area contributed by atoms with Crippen LogP contribution in [-0.4, -0.2) is 22.9 Å². The minimum absolute atomic E-state index is 0.304. The van der Waals surface area contributed by atoms with Crippen LogP contribution in [0, 0.1) is 0 Å². The third-order valence-corrected chi connectivity index (χ3v) is 3.29. The smallest absolute Gasteiger partial charge is 0.359 e. The van der Waals surface area contributed by atoms with E-state index in [0.717, 1.165) is 16.6 Å². The van der Waals surface area contributed by atoms with Crippen molar-refractivity contribution in [3.8, 4) is 5.69 Å². The first-order valence-corrected chi connectivity index (χ1v) is 6.40. The van der Waals surface area contributed by atoms with Crippen molar-refractivity contribution in [3.05, 3.63) is 59.2 Å². The predicted octanol–water partition coefficient (Wildman–Crippen LogP) is 3.47. The van der Waals surface area contributed by atoms with E-state index in [2.05, 4.69) is 5.10 Å². The number of hydrogen-bond donors (Lipinski definition) is 0. The Morgan fingerprint density at radius 3 is 2.55 bits per heavy atom. The van der Waals surface area contributed by atoms with Crippen LogP contribution >= 0.6 is 11.6 Å². The molecule has 0 bridgehead atoms. The number of para-hydroxylation sites is 1. The summed E-state index contributed by atoms with van der Waals surface area (Å²) in [6, 6.07) is 14.8. The van der Waals surface area contributed by atoms with Gasteiger partial charge in [0, 0.05) is 10.4 Å². The van der Waals surface area contributed by atoms with Crippen molar-refractivity contribution in [3.63, 3.8) is 0 Å². The van der Waals surface area contributed by atoms with Crippen LogP contribution in [0.4, 0.5) is 0 Å². The van der Waals surface area contributed by atoms with Gasteiger partial charge in [-0.1, -0.05) is 29.8 Å². The summed E-state index contributed by atoms with van der Waals surface area (Å²) in [4.78, 5) is 11.8. The first kappa shape index (κ1) is 12.7. The molecule has 0 unspecified atom stereocenters. The van der Waals surface area contributed by atoms with Crippen LogP contribution in [0.2, 0.25) is 5.02 Å². The Labute approximate surface area is 120 Å². The number of rotatable bonds is 2. The number of ether oxygens (including phenoxy) is 1. The number of fused-ring (bicyclic) bond motifs is 1. The number of carbonyl (C=O) groups excluding carboxylic acids is 1. The van der Waals surface area contributed by atoms with Gasteiger partial charge in [0.25, 0.3) is 0 Å². The van der Waals surface area contributed by atoms with E-state index < -0.39 is 5.97 Å².